The van der Waals surface area contributed by atoms with Gasteiger partial charge in [-0.2, -0.15) is 0 Å². The topological polar surface area (TPSA) is 96.0 Å². The Kier molecular flexibility index (Phi) is 9.31. The predicted molar refractivity (Wildman–Crippen MR) is 152 cm³/mol. The highest BCUT2D eigenvalue weighted by atomic mass is 16.7. The van der Waals surface area contributed by atoms with Crippen LogP contribution in [-0.4, -0.2) is 64.7 Å². The smallest absolute Gasteiger partial charge is 0.416 e. The first kappa shape index (κ1) is 28.8. The quantitative estimate of drug-likeness (QED) is 0.224. The molecule has 220 valence electrons. The Bertz CT molecular complexity index is 1240. The van der Waals surface area contributed by atoms with Gasteiger partial charge in [0.05, 0.1) is 32.6 Å². The summed E-state index contributed by atoms with van der Waals surface area (Å²) in [5, 5.41) is 0. The number of hydrogen-bond acceptors (Lipinski definition) is 9. The van der Waals surface area contributed by atoms with E-state index in [1.165, 1.54) is 12.7 Å². The van der Waals surface area contributed by atoms with Crippen molar-refractivity contribution in [3.8, 4) is 11.5 Å². The number of carbonyl (C=O) groups is 2. The monoisotopic (exact) mass is 566 g/mol. The van der Waals surface area contributed by atoms with Gasteiger partial charge in [0.2, 0.25) is 0 Å². The molecule has 0 aromatic heterocycles. The molecule has 10 nitrogen and oxygen atoms in total. The third-order valence-corrected chi connectivity index (χ3v) is 7.64. The zero-order valence-corrected chi connectivity index (χ0v) is 23.7. The van der Waals surface area contributed by atoms with Gasteiger partial charge in [-0.05, 0) is 55.4 Å². The molecule has 0 spiro atoms. The first-order valence-electron chi connectivity index (χ1n) is 14.1. The summed E-state index contributed by atoms with van der Waals surface area (Å²) in [5.74, 6) is 0.678. The van der Waals surface area contributed by atoms with Crippen LogP contribution in [0.15, 0.2) is 49.1 Å². The summed E-state index contributed by atoms with van der Waals surface area (Å²) in [6.07, 6.45) is 3.96. The molecule has 0 saturated carbocycles. The van der Waals surface area contributed by atoms with Crippen molar-refractivity contribution < 1.29 is 38.0 Å². The second kappa shape index (κ2) is 13.3. The van der Waals surface area contributed by atoms with Crippen molar-refractivity contribution in [3.05, 3.63) is 60.2 Å². The van der Waals surface area contributed by atoms with Crippen molar-refractivity contribution >= 4 is 23.4 Å². The van der Waals surface area contributed by atoms with Crippen LogP contribution in [-0.2, 0) is 36.7 Å². The molecule has 3 heterocycles. The maximum Gasteiger partial charge on any atom is 0.416 e. The number of carbonyl (C=O) groups excluding carboxylic acids is 2. The fourth-order valence-corrected chi connectivity index (χ4v) is 5.67. The average molecular weight is 567 g/mol. The van der Waals surface area contributed by atoms with Crippen molar-refractivity contribution in [1.82, 2.24) is 0 Å². The first-order chi connectivity index (χ1) is 20.0. The van der Waals surface area contributed by atoms with Crippen molar-refractivity contribution in [1.29, 1.82) is 0 Å². The van der Waals surface area contributed by atoms with Crippen LogP contribution in [0.2, 0.25) is 0 Å². The normalized spacial score (nSPS) is 21.2. The van der Waals surface area contributed by atoms with Crippen molar-refractivity contribution in [2.75, 3.05) is 43.8 Å². The molecule has 0 radical (unpaired) electrons. The summed E-state index contributed by atoms with van der Waals surface area (Å²) in [7, 11) is 2.94. The Morgan fingerprint density at radius 1 is 1.10 bits per heavy atom. The number of esters is 1. The molecule has 1 fully saturated rings. The van der Waals surface area contributed by atoms with E-state index in [9.17, 15) is 9.59 Å². The molecular formula is C31H38N2O8. The van der Waals surface area contributed by atoms with Gasteiger partial charge >= 0.3 is 12.1 Å². The number of fused-ring (bicyclic) bond motifs is 4. The SMILES string of the molecule is C=CCOC(=O)N1c2cc(OCCCC(=O)OC)c(OC)cc2CN2c3ccccc3C[C@H]2C1OC1CCCCO1. The Morgan fingerprint density at radius 3 is 2.71 bits per heavy atom. The van der Waals surface area contributed by atoms with Crippen LogP contribution < -0.4 is 19.3 Å². The number of amides is 1. The standard InChI is InChI=1S/C31H38N2O8/c1-4-14-40-31(35)33-24-19-27(38-16-9-12-28(34)37-3)26(36-2)18-22(24)20-32-23-11-6-5-10-21(23)17-25(32)30(33)41-29-13-7-8-15-39-29/h4-6,10-11,18-19,25,29-30H,1,7-9,12-17,20H2,2-3H3/t25-,29?,30?/m0/s1. The lowest BCUT2D eigenvalue weighted by atomic mass is 10.1. The number of anilines is 2. The number of hydrogen-bond donors (Lipinski definition) is 0. The van der Waals surface area contributed by atoms with E-state index < -0.39 is 18.6 Å². The molecular weight excluding hydrogens is 528 g/mol. The molecule has 3 aliphatic heterocycles. The third kappa shape index (κ3) is 6.28. The molecule has 3 aliphatic rings. The van der Waals surface area contributed by atoms with E-state index in [4.69, 9.17) is 28.4 Å². The van der Waals surface area contributed by atoms with Gasteiger partial charge in [-0.25, -0.2) is 9.69 Å². The summed E-state index contributed by atoms with van der Waals surface area (Å²) in [4.78, 5) is 29.3. The first-order valence-corrected chi connectivity index (χ1v) is 14.1. The minimum absolute atomic E-state index is 0.0545. The summed E-state index contributed by atoms with van der Waals surface area (Å²) in [5.41, 5.74) is 3.76. The fraction of sp³-hybridized carbons (Fsp3) is 0.484. The molecule has 10 heteroatoms. The van der Waals surface area contributed by atoms with Crippen LogP contribution in [0.1, 0.15) is 43.2 Å². The van der Waals surface area contributed by atoms with Gasteiger partial charge < -0.3 is 33.3 Å². The van der Waals surface area contributed by atoms with Crippen LogP contribution >= 0.6 is 0 Å². The van der Waals surface area contributed by atoms with Gasteiger partial charge in [-0.3, -0.25) is 4.79 Å². The van der Waals surface area contributed by atoms with E-state index in [2.05, 4.69) is 23.6 Å². The molecule has 0 bridgehead atoms. The van der Waals surface area contributed by atoms with E-state index in [0.29, 0.717) is 43.2 Å². The molecule has 1 amide bonds. The minimum Gasteiger partial charge on any atom is -0.493 e. The van der Waals surface area contributed by atoms with Crippen molar-refractivity contribution in [3.63, 3.8) is 0 Å². The van der Waals surface area contributed by atoms with Crippen LogP contribution in [0, 0.1) is 0 Å². The minimum atomic E-state index is -0.704. The summed E-state index contributed by atoms with van der Waals surface area (Å²) in [6.45, 7) is 5.16. The second-order valence-corrected chi connectivity index (χ2v) is 10.2. The predicted octanol–water partition coefficient (Wildman–Crippen LogP) is 4.97. The Labute approximate surface area is 240 Å². The van der Waals surface area contributed by atoms with Gasteiger partial charge in [0, 0.05) is 31.3 Å². The van der Waals surface area contributed by atoms with E-state index >= 15 is 0 Å². The Hall–Kier alpha value is -3.76. The van der Waals surface area contributed by atoms with E-state index in [-0.39, 0.29) is 31.6 Å². The van der Waals surface area contributed by atoms with E-state index in [1.807, 2.05) is 18.2 Å². The van der Waals surface area contributed by atoms with Crippen LogP contribution in [0.25, 0.3) is 0 Å². The number of benzene rings is 2. The van der Waals surface area contributed by atoms with Gasteiger partial charge in [0.15, 0.2) is 24.0 Å². The van der Waals surface area contributed by atoms with Gasteiger partial charge in [0.25, 0.3) is 0 Å². The zero-order chi connectivity index (χ0) is 28.8. The number of methoxy groups -OCH3 is 2. The van der Waals surface area contributed by atoms with Crippen LogP contribution in [0.5, 0.6) is 11.5 Å². The molecule has 2 aromatic carbocycles. The van der Waals surface area contributed by atoms with Gasteiger partial charge in [0.1, 0.15) is 6.61 Å². The maximum absolute atomic E-state index is 13.8. The lowest BCUT2D eigenvalue weighted by Crippen LogP contribution is -2.54. The van der Waals surface area contributed by atoms with Gasteiger partial charge in [-0.15, -0.1) is 0 Å². The highest BCUT2D eigenvalue weighted by Crippen LogP contribution is 2.45. The number of ether oxygens (including phenoxy) is 6. The highest BCUT2D eigenvalue weighted by molar-refractivity contribution is 5.91. The number of para-hydroxylation sites is 1. The summed E-state index contributed by atoms with van der Waals surface area (Å²) >= 11 is 0. The summed E-state index contributed by atoms with van der Waals surface area (Å²) < 4.78 is 34.8. The van der Waals surface area contributed by atoms with Crippen LogP contribution in [0.4, 0.5) is 16.2 Å². The highest BCUT2D eigenvalue weighted by Gasteiger charge is 2.46. The molecule has 41 heavy (non-hydrogen) atoms. The van der Waals surface area contributed by atoms with Gasteiger partial charge in [-0.1, -0.05) is 30.9 Å². The average Bonchev–Trinajstić information content (AvgIpc) is 3.30. The molecule has 0 N–H and O–H groups in total. The molecule has 3 atom stereocenters. The Balaban J connectivity index is 1.56. The van der Waals surface area contributed by atoms with E-state index in [1.54, 1.807) is 24.2 Å². The fourth-order valence-electron chi connectivity index (χ4n) is 5.67. The molecule has 5 rings (SSSR count). The molecule has 2 unspecified atom stereocenters. The maximum atomic E-state index is 13.8. The lowest BCUT2D eigenvalue weighted by Gasteiger charge is -2.38. The second-order valence-electron chi connectivity index (χ2n) is 10.2. The molecule has 0 aliphatic carbocycles. The number of nitrogens with zero attached hydrogens (tertiary/aromatic N) is 2. The summed E-state index contributed by atoms with van der Waals surface area (Å²) in [6, 6.07) is 11.8. The largest absolute Gasteiger partial charge is 0.493 e. The Morgan fingerprint density at radius 2 is 1.95 bits per heavy atom. The lowest BCUT2D eigenvalue weighted by molar-refractivity contribution is -0.190. The molecule has 1 saturated heterocycles. The number of rotatable bonds is 10. The molecule has 2 aromatic rings. The third-order valence-electron chi connectivity index (χ3n) is 7.64. The van der Waals surface area contributed by atoms with Crippen molar-refractivity contribution in [2.24, 2.45) is 0 Å². The zero-order valence-electron chi connectivity index (χ0n) is 23.7. The van der Waals surface area contributed by atoms with Crippen LogP contribution in [0.3, 0.4) is 0 Å². The van der Waals surface area contributed by atoms with E-state index in [0.717, 1.165) is 30.5 Å². The van der Waals surface area contributed by atoms with Crippen molar-refractivity contribution in [2.45, 2.75) is 63.6 Å².